The molecule has 10 nitrogen and oxygen atoms in total. The van der Waals surface area contributed by atoms with Gasteiger partial charge in [0, 0.05) is 31.1 Å². The number of aromatic nitrogens is 3. The van der Waals surface area contributed by atoms with E-state index in [1.165, 1.54) is 20.4 Å². The molecule has 1 fully saturated rings. The Morgan fingerprint density at radius 1 is 1.21 bits per heavy atom. The first kappa shape index (κ1) is 24.2. The summed E-state index contributed by atoms with van der Waals surface area (Å²) in [6.45, 7) is 2.28. The highest BCUT2D eigenvalue weighted by molar-refractivity contribution is 7.93. The van der Waals surface area contributed by atoms with E-state index >= 15 is 0 Å². The van der Waals surface area contributed by atoms with Gasteiger partial charge in [-0.05, 0) is 12.1 Å². The summed E-state index contributed by atoms with van der Waals surface area (Å²) < 4.78 is 70.2. The third-order valence-electron chi connectivity index (χ3n) is 5.26. The number of halogens is 3. The molecule has 14 heteroatoms. The highest BCUT2D eigenvalue weighted by atomic mass is 35.5. The summed E-state index contributed by atoms with van der Waals surface area (Å²) in [5, 5.41) is 0.882. The van der Waals surface area contributed by atoms with Crippen LogP contribution in [0.5, 0.6) is 11.8 Å². The van der Waals surface area contributed by atoms with Gasteiger partial charge in [0.1, 0.15) is 4.90 Å². The number of hydrogen-bond donors (Lipinski definition) is 2. The van der Waals surface area contributed by atoms with Gasteiger partial charge in [0.15, 0.2) is 0 Å². The van der Waals surface area contributed by atoms with Crippen LogP contribution in [-0.4, -0.2) is 70.3 Å². The number of morpholine rings is 1. The van der Waals surface area contributed by atoms with E-state index in [-0.39, 0.29) is 28.2 Å². The van der Waals surface area contributed by atoms with E-state index in [9.17, 15) is 17.2 Å². The molecule has 0 amide bonds. The van der Waals surface area contributed by atoms with Gasteiger partial charge in [-0.1, -0.05) is 11.6 Å². The Kier molecular flexibility index (Phi) is 6.96. The first-order valence-electron chi connectivity index (χ1n) is 10.2. The second kappa shape index (κ2) is 9.76. The number of anilines is 2. The number of alkyl halides is 2. The Balaban J connectivity index is 1.72. The molecule has 1 aliphatic rings. The zero-order chi connectivity index (χ0) is 24.5. The highest BCUT2D eigenvalue weighted by Gasteiger charge is 2.27. The number of ether oxygens (including phenoxy) is 3. The normalized spacial score (nSPS) is 14.6. The van der Waals surface area contributed by atoms with Crippen LogP contribution in [0, 0.1) is 0 Å². The lowest BCUT2D eigenvalue weighted by atomic mass is 10.2. The van der Waals surface area contributed by atoms with Gasteiger partial charge in [-0.15, -0.1) is 0 Å². The van der Waals surface area contributed by atoms with E-state index in [0.717, 1.165) is 0 Å². The average molecular weight is 518 g/mol. The summed E-state index contributed by atoms with van der Waals surface area (Å²) in [5.41, 5.74) is 1.16. The Hall–Kier alpha value is -2.90. The van der Waals surface area contributed by atoms with Crippen LogP contribution in [0.3, 0.4) is 0 Å². The van der Waals surface area contributed by atoms with Crippen molar-refractivity contribution < 1.29 is 31.4 Å². The molecule has 2 N–H and O–H groups in total. The minimum atomic E-state index is -4.19. The molecule has 34 heavy (non-hydrogen) atoms. The molecule has 0 saturated carbocycles. The predicted molar refractivity (Wildman–Crippen MR) is 122 cm³/mol. The Morgan fingerprint density at radius 2 is 1.85 bits per heavy atom. The van der Waals surface area contributed by atoms with Crippen molar-refractivity contribution in [3.05, 3.63) is 28.9 Å². The minimum absolute atomic E-state index is 0.0631. The van der Waals surface area contributed by atoms with Crippen molar-refractivity contribution in [2.24, 2.45) is 0 Å². The summed E-state index contributed by atoms with van der Waals surface area (Å²) >= 11 is 6.44. The smallest absolute Gasteiger partial charge is 0.266 e. The molecule has 184 valence electrons. The molecule has 1 aromatic carbocycles. The van der Waals surface area contributed by atoms with Gasteiger partial charge in [0.05, 0.1) is 49.2 Å². The number of hydrogen-bond acceptors (Lipinski definition) is 8. The zero-order valence-corrected chi connectivity index (χ0v) is 19.8. The van der Waals surface area contributed by atoms with Crippen LogP contribution in [0.1, 0.15) is 5.56 Å². The van der Waals surface area contributed by atoms with E-state index < -0.39 is 22.9 Å². The van der Waals surface area contributed by atoms with Crippen molar-refractivity contribution >= 4 is 44.2 Å². The van der Waals surface area contributed by atoms with Crippen LogP contribution in [0.2, 0.25) is 5.02 Å². The first-order chi connectivity index (χ1) is 16.2. The molecule has 0 atom stereocenters. The molecular formula is C20H22ClF2N5O5S. The summed E-state index contributed by atoms with van der Waals surface area (Å²) in [4.78, 5) is 12.8. The molecule has 0 unspecified atom stereocenters. The molecule has 4 rings (SSSR count). The van der Waals surface area contributed by atoms with Crippen molar-refractivity contribution in [1.82, 2.24) is 15.0 Å². The number of nitrogens with one attached hydrogen (secondary N) is 2. The molecule has 3 aromatic rings. The molecule has 0 bridgehead atoms. The Morgan fingerprint density at radius 3 is 2.44 bits per heavy atom. The van der Waals surface area contributed by atoms with E-state index in [2.05, 4.69) is 19.7 Å². The quantitative estimate of drug-likeness (QED) is 0.468. The van der Waals surface area contributed by atoms with Crippen LogP contribution in [0.4, 0.5) is 20.4 Å². The number of methoxy groups -OCH3 is 2. The lowest BCUT2D eigenvalue weighted by molar-refractivity contribution is 0.123. The predicted octanol–water partition coefficient (Wildman–Crippen LogP) is 3.07. The molecular weight excluding hydrogens is 496 g/mol. The second-order valence-electron chi connectivity index (χ2n) is 7.32. The van der Waals surface area contributed by atoms with E-state index in [1.54, 1.807) is 12.1 Å². The maximum absolute atomic E-state index is 13.2. The lowest BCUT2D eigenvalue weighted by Gasteiger charge is -2.30. The van der Waals surface area contributed by atoms with Crippen LogP contribution in [0.15, 0.2) is 23.2 Å². The maximum atomic E-state index is 13.2. The number of benzene rings is 1. The average Bonchev–Trinajstić information content (AvgIpc) is 3.24. The maximum Gasteiger partial charge on any atom is 0.266 e. The van der Waals surface area contributed by atoms with Crippen LogP contribution < -0.4 is 19.1 Å². The van der Waals surface area contributed by atoms with Crippen molar-refractivity contribution in [3.63, 3.8) is 0 Å². The molecule has 2 aromatic heterocycles. The van der Waals surface area contributed by atoms with Gasteiger partial charge >= 0.3 is 0 Å². The summed E-state index contributed by atoms with van der Waals surface area (Å²) in [7, 11) is -1.74. The summed E-state index contributed by atoms with van der Waals surface area (Å²) in [5.74, 6) is -0.821. The van der Waals surface area contributed by atoms with Crippen molar-refractivity contribution in [1.29, 1.82) is 0 Å². The van der Waals surface area contributed by atoms with Gasteiger partial charge in [0.25, 0.3) is 10.0 Å². The molecule has 3 heterocycles. The lowest BCUT2D eigenvalue weighted by Crippen LogP contribution is -2.36. The fourth-order valence-electron chi connectivity index (χ4n) is 3.78. The van der Waals surface area contributed by atoms with Crippen molar-refractivity contribution in [3.8, 4) is 11.8 Å². The number of sulfonamides is 1. The number of nitrogens with zero attached hydrogens (tertiary/aromatic N) is 3. The molecule has 1 aliphatic heterocycles. The number of H-pyrrole nitrogens is 1. The SMILES string of the molecule is COc1nc(NS(=O)(=O)c2c[nH]c3c(N4CCOCC4)c(Cl)ccc23)nc(OC)c1CC(F)F. The number of aromatic amines is 1. The van der Waals surface area contributed by atoms with Gasteiger partial charge < -0.3 is 24.1 Å². The van der Waals surface area contributed by atoms with Gasteiger partial charge in [-0.3, -0.25) is 0 Å². The molecule has 0 radical (unpaired) electrons. The third-order valence-corrected chi connectivity index (χ3v) is 6.93. The molecule has 0 aliphatic carbocycles. The van der Waals surface area contributed by atoms with Crippen molar-refractivity contribution in [2.75, 3.05) is 50.1 Å². The van der Waals surface area contributed by atoms with Gasteiger partial charge in [0.2, 0.25) is 24.1 Å². The highest BCUT2D eigenvalue weighted by Crippen LogP contribution is 2.37. The standard InChI is InChI=1S/C20H22ClF2N5O5S/c1-31-18-12(9-15(22)23)19(32-2)26-20(25-18)27-34(29,30)14-10-24-16-11(14)3-4-13(21)17(16)28-5-7-33-8-6-28/h3-4,10,15,24H,5-9H2,1-2H3,(H,25,26,27). The van der Waals surface area contributed by atoms with E-state index in [4.69, 9.17) is 25.8 Å². The molecule has 0 spiro atoms. The largest absolute Gasteiger partial charge is 0.481 e. The fourth-order valence-corrected chi connectivity index (χ4v) is 5.17. The number of fused-ring (bicyclic) bond motifs is 1. The zero-order valence-electron chi connectivity index (χ0n) is 18.3. The van der Waals surface area contributed by atoms with Gasteiger partial charge in [-0.25, -0.2) is 21.9 Å². The third kappa shape index (κ3) is 4.68. The van der Waals surface area contributed by atoms with Crippen molar-refractivity contribution in [2.45, 2.75) is 17.7 Å². The molecule has 1 saturated heterocycles. The second-order valence-corrected chi connectivity index (χ2v) is 9.37. The monoisotopic (exact) mass is 517 g/mol. The van der Waals surface area contributed by atoms with Gasteiger partial charge in [-0.2, -0.15) is 9.97 Å². The minimum Gasteiger partial charge on any atom is -0.481 e. The summed E-state index contributed by atoms with van der Waals surface area (Å²) in [6, 6.07) is 3.23. The van der Waals surface area contributed by atoms with Crippen LogP contribution in [-0.2, 0) is 21.2 Å². The summed E-state index contributed by atoms with van der Waals surface area (Å²) in [6.07, 6.45) is -2.08. The Bertz CT molecular complexity index is 1270. The Labute approximate surface area is 199 Å². The topological polar surface area (TPSA) is 119 Å². The van der Waals surface area contributed by atoms with E-state index in [0.29, 0.717) is 47.9 Å². The van der Waals surface area contributed by atoms with E-state index in [1.807, 2.05) is 4.90 Å². The first-order valence-corrected chi connectivity index (χ1v) is 12.0. The fraction of sp³-hybridized carbons (Fsp3) is 0.400. The van der Waals surface area contributed by atoms with Crippen LogP contribution >= 0.6 is 11.6 Å². The number of rotatable bonds is 8. The van der Waals surface area contributed by atoms with Crippen LogP contribution in [0.25, 0.3) is 10.9 Å².